The van der Waals surface area contributed by atoms with E-state index in [1.165, 1.54) is 75.1 Å². The number of nitrogens with zero attached hydrogens (tertiary/aromatic N) is 2. The fourth-order valence-corrected chi connectivity index (χ4v) is 10.6. The Kier molecular flexibility index (Phi) is 9.74. The van der Waals surface area contributed by atoms with Crippen LogP contribution in [-0.4, -0.2) is 0 Å². The Balaban J connectivity index is 0.967. The van der Waals surface area contributed by atoms with Gasteiger partial charge in [-0.25, -0.2) is 0 Å². The van der Waals surface area contributed by atoms with E-state index in [4.69, 9.17) is 0 Å². The summed E-state index contributed by atoms with van der Waals surface area (Å²) >= 11 is 1.85. The molecule has 0 radical (unpaired) electrons. The van der Waals surface area contributed by atoms with E-state index in [9.17, 15) is 0 Å². The van der Waals surface area contributed by atoms with Crippen molar-refractivity contribution in [1.82, 2.24) is 0 Å². The first kappa shape index (κ1) is 38.4. The summed E-state index contributed by atoms with van der Waals surface area (Å²) in [7, 11) is 0. The largest absolute Gasteiger partial charge is 0.310 e. The minimum atomic E-state index is 1.10. The predicted octanol–water partition coefficient (Wildman–Crippen LogP) is 18.3. The van der Waals surface area contributed by atoms with Crippen molar-refractivity contribution in [2.75, 3.05) is 9.80 Å². The molecule has 0 amide bonds. The third kappa shape index (κ3) is 7.19. The van der Waals surface area contributed by atoms with Crippen molar-refractivity contribution in [2.45, 2.75) is 0 Å². The van der Waals surface area contributed by atoms with E-state index < -0.39 is 0 Å². The molecule has 65 heavy (non-hydrogen) atoms. The van der Waals surface area contributed by atoms with Crippen molar-refractivity contribution in [3.05, 3.63) is 255 Å². The van der Waals surface area contributed by atoms with Crippen molar-refractivity contribution >= 4 is 87.2 Å². The lowest BCUT2D eigenvalue weighted by Crippen LogP contribution is -2.10. The number of hydrogen-bond acceptors (Lipinski definition) is 3. The number of anilines is 6. The summed E-state index contributed by atoms with van der Waals surface area (Å²) in [5.41, 5.74) is 13.8. The van der Waals surface area contributed by atoms with Crippen LogP contribution in [0.2, 0.25) is 0 Å². The Labute approximate surface area is 383 Å². The van der Waals surface area contributed by atoms with Gasteiger partial charge in [-0.15, -0.1) is 11.3 Å². The SMILES string of the molecule is c1ccc(-c2cc(-c3ccccc3)cc(N(c3ccccc3)c3ccc4cc(-c5ccc(N(c6ccccc6)c6ccc7sc8ccccc8c7c6)cc5)c5ccccc5c4c3)c2)cc1. The summed E-state index contributed by atoms with van der Waals surface area (Å²) in [6.07, 6.45) is 0. The summed E-state index contributed by atoms with van der Waals surface area (Å²) in [6, 6.07) is 92.7. The highest BCUT2D eigenvalue weighted by molar-refractivity contribution is 7.25. The van der Waals surface area contributed by atoms with Crippen LogP contribution >= 0.6 is 11.3 Å². The average molecular weight is 847 g/mol. The average Bonchev–Trinajstić information content (AvgIpc) is 3.76. The van der Waals surface area contributed by atoms with Gasteiger partial charge in [-0.3, -0.25) is 0 Å². The topological polar surface area (TPSA) is 6.48 Å². The number of thiophene rings is 1. The zero-order valence-electron chi connectivity index (χ0n) is 35.6. The minimum Gasteiger partial charge on any atom is -0.310 e. The highest BCUT2D eigenvalue weighted by Crippen LogP contribution is 2.45. The van der Waals surface area contributed by atoms with Gasteiger partial charge >= 0.3 is 0 Å². The van der Waals surface area contributed by atoms with Gasteiger partial charge in [0, 0.05) is 54.3 Å². The maximum absolute atomic E-state index is 2.40. The van der Waals surface area contributed by atoms with Crippen molar-refractivity contribution in [3.8, 4) is 33.4 Å². The van der Waals surface area contributed by atoms with E-state index in [2.05, 4.69) is 265 Å². The second-order valence-corrected chi connectivity index (χ2v) is 17.6. The van der Waals surface area contributed by atoms with E-state index in [-0.39, 0.29) is 0 Å². The summed E-state index contributed by atoms with van der Waals surface area (Å²) in [5.74, 6) is 0. The molecule has 1 aromatic heterocycles. The minimum absolute atomic E-state index is 1.10. The van der Waals surface area contributed by atoms with E-state index in [1.807, 2.05) is 11.3 Å². The molecule has 3 heteroatoms. The molecular weight excluding hydrogens is 805 g/mol. The molecule has 0 spiro atoms. The fraction of sp³-hybridized carbons (Fsp3) is 0. The van der Waals surface area contributed by atoms with E-state index in [0.29, 0.717) is 0 Å². The van der Waals surface area contributed by atoms with Crippen molar-refractivity contribution in [3.63, 3.8) is 0 Å². The second kappa shape index (κ2) is 16.5. The lowest BCUT2D eigenvalue weighted by atomic mass is 9.92. The molecule has 0 N–H and O–H groups in total. The van der Waals surface area contributed by atoms with Crippen LogP contribution in [0.1, 0.15) is 0 Å². The quantitative estimate of drug-likeness (QED) is 0.134. The molecule has 0 aliphatic rings. The van der Waals surface area contributed by atoms with Crippen molar-refractivity contribution in [2.24, 2.45) is 0 Å². The highest BCUT2D eigenvalue weighted by Gasteiger charge is 2.19. The number of para-hydroxylation sites is 2. The second-order valence-electron chi connectivity index (χ2n) is 16.5. The first-order valence-corrected chi connectivity index (χ1v) is 23.0. The maximum Gasteiger partial charge on any atom is 0.0473 e. The van der Waals surface area contributed by atoms with Gasteiger partial charge < -0.3 is 9.80 Å². The van der Waals surface area contributed by atoms with Crippen LogP contribution in [0, 0.1) is 0 Å². The first-order chi connectivity index (χ1) is 32.2. The Bertz CT molecular complexity index is 3580. The molecule has 306 valence electrons. The molecule has 12 rings (SSSR count). The molecule has 0 aliphatic heterocycles. The Morgan fingerprint density at radius 2 is 0.692 bits per heavy atom. The van der Waals surface area contributed by atoms with Crippen LogP contribution in [0.15, 0.2) is 255 Å². The molecule has 1 heterocycles. The lowest BCUT2D eigenvalue weighted by Gasteiger charge is -2.27. The van der Waals surface area contributed by atoms with Crippen LogP contribution in [0.25, 0.3) is 75.1 Å². The Morgan fingerprint density at radius 1 is 0.231 bits per heavy atom. The van der Waals surface area contributed by atoms with E-state index in [1.54, 1.807) is 0 Å². The zero-order chi connectivity index (χ0) is 43.1. The van der Waals surface area contributed by atoms with E-state index >= 15 is 0 Å². The summed E-state index contributed by atoms with van der Waals surface area (Å²) in [5, 5.41) is 7.46. The Morgan fingerprint density at radius 3 is 1.32 bits per heavy atom. The number of rotatable bonds is 9. The van der Waals surface area contributed by atoms with Crippen molar-refractivity contribution < 1.29 is 0 Å². The van der Waals surface area contributed by atoms with Gasteiger partial charge in [-0.2, -0.15) is 0 Å². The smallest absolute Gasteiger partial charge is 0.0473 e. The third-order valence-corrected chi connectivity index (χ3v) is 13.7. The first-order valence-electron chi connectivity index (χ1n) is 22.2. The maximum atomic E-state index is 2.40. The number of benzene rings is 11. The van der Waals surface area contributed by atoms with Crippen LogP contribution in [0.3, 0.4) is 0 Å². The van der Waals surface area contributed by atoms with Gasteiger partial charge in [0.1, 0.15) is 0 Å². The molecule has 12 aromatic rings. The fourth-order valence-electron chi connectivity index (χ4n) is 9.49. The molecule has 0 saturated carbocycles. The molecule has 0 bridgehead atoms. The molecule has 0 fully saturated rings. The van der Waals surface area contributed by atoms with Crippen LogP contribution in [0.5, 0.6) is 0 Å². The molecular formula is C62H42N2S. The highest BCUT2D eigenvalue weighted by atomic mass is 32.1. The van der Waals surface area contributed by atoms with Gasteiger partial charge in [-0.1, -0.05) is 158 Å². The molecule has 11 aromatic carbocycles. The van der Waals surface area contributed by atoms with E-state index in [0.717, 1.165) is 34.1 Å². The zero-order valence-corrected chi connectivity index (χ0v) is 36.4. The standard InChI is InChI=1S/C62H42N2S/c1-5-17-43(18-6-1)47-37-48(44-19-7-2-8-20-44)39-54(38-47)64(50-23-11-4-12-24-50)52-34-31-46-40-58(55-25-13-14-26-56(55)59(46)41-52)45-29-32-51(33-30-45)63(49-21-9-3-10-22-49)53-35-36-62-60(42-53)57-27-15-16-28-61(57)65-62/h1-42H. The van der Waals surface area contributed by atoms with Gasteiger partial charge in [0.25, 0.3) is 0 Å². The normalized spacial score (nSPS) is 11.4. The van der Waals surface area contributed by atoms with Crippen LogP contribution < -0.4 is 9.80 Å². The van der Waals surface area contributed by atoms with Crippen LogP contribution in [0.4, 0.5) is 34.1 Å². The van der Waals surface area contributed by atoms with Gasteiger partial charge in [0.15, 0.2) is 0 Å². The van der Waals surface area contributed by atoms with Gasteiger partial charge in [0.2, 0.25) is 0 Å². The molecule has 0 aliphatic carbocycles. The molecule has 0 saturated heterocycles. The summed E-state index contributed by atoms with van der Waals surface area (Å²) < 4.78 is 2.62. The number of fused-ring (bicyclic) bond motifs is 6. The summed E-state index contributed by atoms with van der Waals surface area (Å²) in [4.78, 5) is 4.77. The lowest BCUT2D eigenvalue weighted by molar-refractivity contribution is 1.29. The molecule has 0 atom stereocenters. The molecule has 0 unspecified atom stereocenters. The predicted molar refractivity (Wildman–Crippen MR) is 280 cm³/mol. The van der Waals surface area contributed by atoms with Gasteiger partial charge in [-0.05, 0) is 152 Å². The molecule has 2 nitrogen and oxygen atoms in total. The monoisotopic (exact) mass is 846 g/mol. The third-order valence-electron chi connectivity index (χ3n) is 12.6. The Hall–Kier alpha value is -8.24. The van der Waals surface area contributed by atoms with Crippen LogP contribution in [-0.2, 0) is 0 Å². The van der Waals surface area contributed by atoms with Crippen molar-refractivity contribution in [1.29, 1.82) is 0 Å². The van der Waals surface area contributed by atoms with Gasteiger partial charge in [0.05, 0.1) is 0 Å². The summed E-state index contributed by atoms with van der Waals surface area (Å²) in [6.45, 7) is 0. The number of hydrogen-bond donors (Lipinski definition) is 0.